The predicted octanol–water partition coefficient (Wildman–Crippen LogP) is 1.95. The van der Waals surface area contributed by atoms with E-state index in [1.807, 2.05) is 43.3 Å². The van der Waals surface area contributed by atoms with Gasteiger partial charge in [-0.15, -0.1) is 0 Å². The minimum absolute atomic E-state index is 0.0477. The lowest BCUT2D eigenvalue weighted by Crippen LogP contribution is -2.48. The van der Waals surface area contributed by atoms with E-state index >= 15 is 0 Å². The molecule has 35 heavy (non-hydrogen) atoms. The van der Waals surface area contributed by atoms with Crippen molar-refractivity contribution in [3.63, 3.8) is 0 Å². The van der Waals surface area contributed by atoms with Gasteiger partial charge in [0.15, 0.2) is 0 Å². The summed E-state index contributed by atoms with van der Waals surface area (Å²) in [7, 11) is -3.45. The molecule has 0 aliphatic carbocycles. The van der Waals surface area contributed by atoms with Crippen molar-refractivity contribution in [1.82, 2.24) is 19.4 Å². The quantitative estimate of drug-likeness (QED) is 0.530. The van der Waals surface area contributed by atoms with E-state index in [2.05, 4.69) is 15.1 Å². The summed E-state index contributed by atoms with van der Waals surface area (Å²) in [6.07, 6.45) is 0.926. The summed E-state index contributed by atoms with van der Waals surface area (Å²) < 4.78 is 32.7. The minimum atomic E-state index is -3.45. The van der Waals surface area contributed by atoms with Crippen LogP contribution in [0.2, 0.25) is 0 Å². The van der Waals surface area contributed by atoms with Gasteiger partial charge < -0.3 is 10.1 Å². The SMILES string of the molecule is Cc1ccc(S(=O)(=O)N2CCN(Cc3ccc(C(=O)NCCCN4CCOCC4)cc3)CC2)cc1. The van der Waals surface area contributed by atoms with Gasteiger partial charge in [-0.3, -0.25) is 14.6 Å². The van der Waals surface area contributed by atoms with Gasteiger partial charge in [-0.1, -0.05) is 29.8 Å². The average molecular weight is 501 g/mol. The first-order valence-corrected chi connectivity index (χ1v) is 13.8. The first-order valence-electron chi connectivity index (χ1n) is 12.4. The number of ether oxygens (including phenoxy) is 1. The van der Waals surface area contributed by atoms with Gasteiger partial charge in [-0.2, -0.15) is 4.31 Å². The molecule has 2 fully saturated rings. The van der Waals surface area contributed by atoms with Crippen molar-refractivity contribution in [2.24, 2.45) is 0 Å². The Balaban J connectivity index is 1.20. The first kappa shape index (κ1) is 25.8. The third-order valence-corrected chi connectivity index (χ3v) is 8.57. The molecule has 2 aliphatic rings. The number of sulfonamides is 1. The van der Waals surface area contributed by atoms with Crippen LogP contribution in [0, 0.1) is 6.92 Å². The van der Waals surface area contributed by atoms with Gasteiger partial charge in [0.05, 0.1) is 18.1 Å². The molecular formula is C26H36N4O4S. The summed E-state index contributed by atoms with van der Waals surface area (Å²) in [6.45, 7) is 10.1. The highest BCUT2D eigenvalue weighted by Gasteiger charge is 2.28. The summed E-state index contributed by atoms with van der Waals surface area (Å²) >= 11 is 0. The van der Waals surface area contributed by atoms with Gasteiger partial charge in [0.1, 0.15) is 0 Å². The zero-order valence-corrected chi connectivity index (χ0v) is 21.3. The smallest absolute Gasteiger partial charge is 0.251 e. The van der Waals surface area contributed by atoms with Crippen molar-refractivity contribution in [2.75, 3.05) is 65.6 Å². The maximum Gasteiger partial charge on any atom is 0.251 e. The van der Waals surface area contributed by atoms with E-state index in [1.54, 1.807) is 16.4 Å². The Hall–Kier alpha value is -2.30. The summed E-state index contributed by atoms with van der Waals surface area (Å²) in [5, 5.41) is 3.01. The van der Waals surface area contributed by atoms with Gasteiger partial charge in [0, 0.05) is 57.9 Å². The van der Waals surface area contributed by atoms with Crippen LogP contribution in [0.4, 0.5) is 0 Å². The molecule has 0 aromatic heterocycles. The normalized spacial score (nSPS) is 18.4. The monoisotopic (exact) mass is 500 g/mol. The maximum absolute atomic E-state index is 12.9. The third kappa shape index (κ3) is 7.11. The van der Waals surface area contributed by atoms with E-state index in [4.69, 9.17) is 4.74 Å². The number of hydrogen-bond donors (Lipinski definition) is 1. The third-order valence-electron chi connectivity index (χ3n) is 6.65. The highest BCUT2D eigenvalue weighted by atomic mass is 32.2. The number of nitrogens with one attached hydrogen (secondary N) is 1. The van der Waals surface area contributed by atoms with Crippen LogP contribution in [-0.2, 0) is 21.3 Å². The number of benzene rings is 2. The summed E-state index contributed by atoms with van der Waals surface area (Å²) in [6, 6.07) is 14.7. The molecule has 1 amide bonds. The van der Waals surface area contributed by atoms with Crippen LogP contribution in [0.25, 0.3) is 0 Å². The Morgan fingerprint density at radius 1 is 0.886 bits per heavy atom. The zero-order chi connectivity index (χ0) is 24.7. The summed E-state index contributed by atoms with van der Waals surface area (Å²) in [5.41, 5.74) is 2.82. The predicted molar refractivity (Wildman–Crippen MR) is 136 cm³/mol. The second kappa shape index (κ2) is 12.1. The van der Waals surface area contributed by atoms with Gasteiger partial charge in [-0.25, -0.2) is 8.42 Å². The van der Waals surface area contributed by atoms with Crippen molar-refractivity contribution in [1.29, 1.82) is 0 Å². The Labute approximate surface area is 208 Å². The van der Waals surface area contributed by atoms with Crippen molar-refractivity contribution in [3.8, 4) is 0 Å². The number of carbonyl (C=O) groups excluding carboxylic acids is 1. The second-order valence-corrected chi connectivity index (χ2v) is 11.2. The summed E-state index contributed by atoms with van der Waals surface area (Å²) in [5.74, 6) is -0.0477. The van der Waals surface area contributed by atoms with Crippen LogP contribution in [0.3, 0.4) is 0 Å². The van der Waals surface area contributed by atoms with E-state index in [0.29, 0.717) is 43.2 Å². The number of hydrogen-bond acceptors (Lipinski definition) is 6. The number of amides is 1. The molecule has 2 heterocycles. The lowest BCUT2D eigenvalue weighted by atomic mass is 10.1. The molecule has 0 spiro atoms. The average Bonchev–Trinajstić information content (AvgIpc) is 2.88. The molecule has 0 atom stereocenters. The van der Waals surface area contributed by atoms with Crippen LogP contribution in [0.5, 0.6) is 0 Å². The summed E-state index contributed by atoms with van der Waals surface area (Å²) in [4.78, 5) is 17.4. The van der Waals surface area contributed by atoms with Crippen LogP contribution < -0.4 is 5.32 Å². The van der Waals surface area contributed by atoms with Crippen molar-refractivity contribution >= 4 is 15.9 Å². The first-order chi connectivity index (χ1) is 16.9. The molecule has 0 bridgehead atoms. The molecule has 1 N–H and O–H groups in total. The van der Waals surface area contributed by atoms with Crippen LogP contribution >= 0.6 is 0 Å². The molecule has 8 nitrogen and oxygen atoms in total. The lowest BCUT2D eigenvalue weighted by Gasteiger charge is -2.34. The topological polar surface area (TPSA) is 82.2 Å². The second-order valence-electron chi connectivity index (χ2n) is 9.25. The molecule has 9 heteroatoms. The highest BCUT2D eigenvalue weighted by molar-refractivity contribution is 7.89. The molecular weight excluding hydrogens is 464 g/mol. The standard InChI is InChI=1S/C26H36N4O4S/c1-22-3-9-25(10-4-22)35(32,33)30-15-13-29(14-16-30)21-23-5-7-24(8-6-23)26(31)27-11-2-12-28-17-19-34-20-18-28/h3-10H,2,11-21H2,1H3,(H,27,31). The molecule has 2 aliphatic heterocycles. The van der Waals surface area contributed by atoms with Crippen molar-refractivity contribution in [3.05, 3.63) is 65.2 Å². The Morgan fingerprint density at radius 3 is 2.20 bits per heavy atom. The number of aryl methyl sites for hydroxylation is 1. The van der Waals surface area contributed by atoms with Gasteiger partial charge in [0.2, 0.25) is 10.0 Å². The molecule has 2 saturated heterocycles. The van der Waals surface area contributed by atoms with Crippen molar-refractivity contribution in [2.45, 2.75) is 24.8 Å². The number of rotatable bonds is 9. The van der Waals surface area contributed by atoms with Crippen molar-refractivity contribution < 1.29 is 17.9 Å². The molecule has 4 rings (SSSR count). The van der Waals surface area contributed by atoms with E-state index < -0.39 is 10.0 Å². The Kier molecular flexibility index (Phi) is 8.91. The van der Waals surface area contributed by atoms with E-state index in [0.717, 1.165) is 56.9 Å². The minimum Gasteiger partial charge on any atom is -0.379 e. The fraction of sp³-hybridized carbons (Fsp3) is 0.500. The molecule has 2 aromatic rings. The number of piperazine rings is 1. The van der Waals surface area contributed by atoms with E-state index in [-0.39, 0.29) is 5.91 Å². The van der Waals surface area contributed by atoms with Crippen LogP contribution in [0.15, 0.2) is 53.4 Å². The number of morpholine rings is 1. The van der Waals surface area contributed by atoms with E-state index in [1.165, 1.54) is 0 Å². The van der Waals surface area contributed by atoms with E-state index in [9.17, 15) is 13.2 Å². The number of carbonyl (C=O) groups is 1. The van der Waals surface area contributed by atoms with Gasteiger partial charge in [-0.05, 0) is 49.7 Å². The number of nitrogens with zero attached hydrogens (tertiary/aromatic N) is 3. The highest BCUT2D eigenvalue weighted by Crippen LogP contribution is 2.19. The molecule has 0 radical (unpaired) electrons. The maximum atomic E-state index is 12.9. The Morgan fingerprint density at radius 2 is 1.54 bits per heavy atom. The molecule has 0 unspecified atom stereocenters. The van der Waals surface area contributed by atoms with Gasteiger partial charge >= 0.3 is 0 Å². The van der Waals surface area contributed by atoms with Crippen LogP contribution in [0.1, 0.15) is 27.9 Å². The molecule has 190 valence electrons. The lowest BCUT2D eigenvalue weighted by molar-refractivity contribution is 0.0374. The van der Waals surface area contributed by atoms with Crippen LogP contribution in [-0.4, -0.2) is 94.0 Å². The molecule has 2 aromatic carbocycles. The molecule has 0 saturated carbocycles. The Bertz CT molecular complexity index is 1060. The fourth-order valence-corrected chi connectivity index (χ4v) is 5.86. The zero-order valence-electron chi connectivity index (χ0n) is 20.5. The van der Waals surface area contributed by atoms with Gasteiger partial charge in [0.25, 0.3) is 5.91 Å². The largest absolute Gasteiger partial charge is 0.379 e. The fourth-order valence-electron chi connectivity index (χ4n) is 4.44.